The van der Waals surface area contributed by atoms with E-state index in [0.717, 1.165) is 89.6 Å². The van der Waals surface area contributed by atoms with Crippen LogP contribution in [0.4, 0.5) is 0 Å². The maximum absolute atomic E-state index is 7.70. The van der Waals surface area contributed by atoms with Crippen LogP contribution >= 0.6 is 15.9 Å². The van der Waals surface area contributed by atoms with Crippen molar-refractivity contribution in [3.05, 3.63) is 154 Å². The normalized spacial score (nSPS) is 14.5. The highest BCUT2D eigenvalue weighted by Gasteiger charge is 2.47. The van der Waals surface area contributed by atoms with Gasteiger partial charge in [0, 0.05) is 32.0 Å². The van der Waals surface area contributed by atoms with Crippen molar-refractivity contribution in [2.75, 3.05) is 13.2 Å². The second-order valence-electron chi connectivity index (χ2n) is 15.5. The first-order valence-corrected chi connectivity index (χ1v) is 21.6. The Morgan fingerprint density at radius 1 is 0.607 bits per heavy atom. The molecule has 1 heterocycles. The molecule has 8 rings (SSSR count). The van der Waals surface area contributed by atoms with Crippen molar-refractivity contribution in [1.29, 1.82) is 0 Å². The van der Waals surface area contributed by atoms with Crippen LogP contribution < -0.4 is 14.2 Å². The SMILES string of the molecule is CCCCOc1ccc(C2(c3ccc(OCCCC)cc3)C=Cc3c4c(c5cc(Br)ccc5c3O2)-c2ccc(-c3ccccc3)cc2C4(CCC)CCC)cc1. The largest absolute Gasteiger partial charge is 0.494 e. The molecule has 0 saturated carbocycles. The summed E-state index contributed by atoms with van der Waals surface area (Å²) in [5, 5.41) is 2.34. The van der Waals surface area contributed by atoms with Crippen LogP contribution in [0.2, 0.25) is 0 Å². The Labute approximate surface area is 341 Å². The highest BCUT2D eigenvalue weighted by Crippen LogP contribution is 2.61. The number of benzene rings is 6. The number of hydrogen-bond donors (Lipinski definition) is 0. The van der Waals surface area contributed by atoms with Crippen LogP contribution in [-0.2, 0) is 11.0 Å². The van der Waals surface area contributed by atoms with E-state index in [2.05, 4.69) is 171 Å². The molecular formula is C52H53BrO3. The summed E-state index contributed by atoms with van der Waals surface area (Å²) in [6.07, 6.45) is 13.2. The van der Waals surface area contributed by atoms with Gasteiger partial charge in [-0.3, -0.25) is 0 Å². The van der Waals surface area contributed by atoms with E-state index >= 15 is 0 Å². The maximum atomic E-state index is 7.70. The summed E-state index contributed by atoms with van der Waals surface area (Å²) in [5.41, 5.74) is 10.3. The molecule has 0 bridgehead atoms. The molecule has 1 aliphatic heterocycles. The molecule has 2 aliphatic rings. The summed E-state index contributed by atoms with van der Waals surface area (Å²) in [5.74, 6) is 2.69. The molecule has 56 heavy (non-hydrogen) atoms. The number of unbranched alkanes of at least 4 members (excludes halogenated alkanes) is 2. The van der Waals surface area contributed by atoms with Crippen molar-refractivity contribution in [2.24, 2.45) is 0 Å². The van der Waals surface area contributed by atoms with Crippen LogP contribution in [0.1, 0.15) is 107 Å². The van der Waals surface area contributed by atoms with E-state index in [9.17, 15) is 0 Å². The van der Waals surface area contributed by atoms with Crippen LogP contribution in [0.3, 0.4) is 0 Å². The van der Waals surface area contributed by atoms with Crippen molar-refractivity contribution in [2.45, 2.75) is 90.1 Å². The van der Waals surface area contributed by atoms with Crippen LogP contribution in [-0.4, -0.2) is 13.2 Å². The fraction of sp³-hybridized carbons (Fsp3) is 0.308. The number of halogens is 1. The van der Waals surface area contributed by atoms with E-state index in [1.807, 2.05) is 0 Å². The fourth-order valence-corrected chi connectivity index (χ4v) is 9.60. The molecule has 0 aromatic heterocycles. The van der Waals surface area contributed by atoms with Crippen LogP contribution in [0.5, 0.6) is 17.2 Å². The lowest BCUT2D eigenvalue weighted by Gasteiger charge is -2.40. The third-order valence-electron chi connectivity index (χ3n) is 11.9. The fourth-order valence-electron chi connectivity index (χ4n) is 9.23. The average molecular weight is 806 g/mol. The van der Waals surface area contributed by atoms with Gasteiger partial charge in [0.15, 0.2) is 5.60 Å². The first kappa shape index (κ1) is 38.1. The van der Waals surface area contributed by atoms with Gasteiger partial charge in [0.2, 0.25) is 0 Å². The second-order valence-corrected chi connectivity index (χ2v) is 16.4. The van der Waals surface area contributed by atoms with Gasteiger partial charge in [-0.2, -0.15) is 0 Å². The van der Waals surface area contributed by atoms with E-state index in [1.54, 1.807) is 0 Å². The summed E-state index contributed by atoms with van der Waals surface area (Å²) >= 11 is 3.88. The Kier molecular flexibility index (Phi) is 11.1. The molecule has 6 aromatic carbocycles. The maximum Gasteiger partial charge on any atom is 0.178 e. The lowest BCUT2D eigenvalue weighted by atomic mass is 9.69. The van der Waals surface area contributed by atoms with Gasteiger partial charge >= 0.3 is 0 Å². The molecule has 0 unspecified atom stereocenters. The highest BCUT2D eigenvalue weighted by molar-refractivity contribution is 9.10. The lowest BCUT2D eigenvalue weighted by molar-refractivity contribution is 0.163. The molecule has 4 heteroatoms. The predicted molar refractivity (Wildman–Crippen MR) is 237 cm³/mol. The number of fused-ring (bicyclic) bond motifs is 8. The third kappa shape index (κ3) is 6.74. The highest BCUT2D eigenvalue weighted by atomic mass is 79.9. The average Bonchev–Trinajstić information content (AvgIpc) is 3.51. The van der Waals surface area contributed by atoms with Gasteiger partial charge < -0.3 is 14.2 Å². The minimum Gasteiger partial charge on any atom is -0.494 e. The molecule has 286 valence electrons. The third-order valence-corrected chi connectivity index (χ3v) is 12.3. The predicted octanol–water partition coefficient (Wildman–Crippen LogP) is 14.8. The molecular weight excluding hydrogens is 752 g/mol. The molecule has 0 saturated heterocycles. The topological polar surface area (TPSA) is 27.7 Å². The second kappa shape index (κ2) is 16.4. The van der Waals surface area contributed by atoms with E-state index in [1.165, 1.54) is 44.3 Å². The Balaban J connectivity index is 1.35. The van der Waals surface area contributed by atoms with E-state index < -0.39 is 5.60 Å². The van der Waals surface area contributed by atoms with Crippen LogP contribution in [0.25, 0.3) is 39.1 Å². The van der Waals surface area contributed by atoms with Gasteiger partial charge in [-0.05, 0) is 119 Å². The smallest absolute Gasteiger partial charge is 0.178 e. The molecule has 6 aromatic rings. The molecule has 3 nitrogen and oxygen atoms in total. The van der Waals surface area contributed by atoms with Crippen molar-refractivity contribution < 1.29 is 14.2 Å². The number of hydrogen-bond acceptors (Lipinski definition) is 3. The van der Waals surface area contributed by atoms with Gasteiger partial charge in [-0.25, -0.2) is 0 Å². The van der Waals surface area contributed by atoms with Gasteiger partial charge in [0.25, 0.3) is 0 Å². The van der Waals surface area contributed by atoms with Gasteiger partial charge in [0.05, 0.1) is 13.2 Å². The van der Waals surface area contributed by atoms with E-state index in [-0.39, 0.29) is 5.41 Å². The van der Waals surface area contributed by atoms with E-state index in [0.29, 0.717) is 13.2 Å². The van der Waals surface area contributed by atoms with Crippen molar-refractivity contribution >= 4 is 32.8 Å². The van der Waals surface area contributed by atoms with Crippen molar-refractivity contribution in [3.63, 3.8) is 0 Å². The minimum atomic E-state index is -0.880. The quantitative estimate of drug-likeness (QED) is 0.0968. The molecule has 0 spiro atoms. The summed E-state index contributed by atoms with van der Waals surface area (Å²) in [6, 6.07) is 41.8. The Morgan fingerprint density at radius 3 is 1.82 bits per heavy atom. The summed E-state index contributed by atoms with van der Waals surface area (Å²) in [4.78, 5) is 0. The Morgan fingerprint density at radius 2 is 1.23 bits per heavy atom. The molecule has 1 aliphatic carbocycles. The van der Waals surface area contributed by atoms with E-state index in [4.69, 9.17) is 14.2 Å². The van der Waals surface area contributed by atoms with Gasteiger partial charge in [-0.15, -0.1) is 0 Å². The van der Waals surface area contributed by atoms with Crippen molar-refractivity contribution in [3.8, 4) is 39.5 Å². The standard InChI is InChI=1S/C52H53BrO3/c1-5-9-32-54-41-22-17-38(18-23-41)52(39-19-24-42(25-20-39)55-33-10-6-2)31-28-45-49-48(46-35-40(53)21-27-43(46)50(45)56-52)44-26-16-37(36-14-12-11-13-15-36)34-47(44)51(49,29-7-3)30-8-4/h11-28,31,34-35H,5-10,29-30,32-33H2,1-4H3. The Hall–Kier alpha value is -4.80. The first-order chi connectivity index (χ1) is 27.5. The Bertz CT molecular complexity index is 2280. The molecule has 0 amide bonds. The molecule has 0 fully saturated rings. The first-order valence-electron chi connectivity index (χ1n) is 20.8. The molecule has 0 radical (unpaired) electrons. The number of ether oxygens (including phenoxy) is 3. The van der Waals surface area contributed by atoms with Crippen LogP contribution in [0, 0.1) is 0 Å². The zero-order chi connectivity index (χ0) is 38.7. The monoisotopic (exact) mass is 804 g/mol. The summed E-state index contributed by atoms with van der Waals surface area (Å²) in [7, 11) is 0. The van der Waals surface area contributed by atoms with Gasteiger partial charge in [-0.1, -0.05) is 142 Å². The summed E-state index contributed by atoms with van der Waals surface area (Å²) in [6.45, 7) is 10.5. The minimum absolute atomic E-state index is 0.164. The molecule has 0 atom stereocenters. The zero-order valence-corrected chi connectivity index (χ0v) is 34.9. The summed E-state index contributed by atoms with van der Waals surface area (Å²) < 4.78 is 21.0. The molecule has 0 N–H and O–H groups in total. The van der Waals surface area contributed by atoms with Crippen molar-refractivity contribution in [1.82, 2.24) is 0 Å². The lowest BCUT2D eigenvalue weighted by Crippen LogP contribution is -2.35. The van der Waals surface area contributed by atoms with Gasteiger partial charge in [0.1, 0.15) is 17.2 Å². The zero-order valence-electron chi connectivity index (χ0n) is 33.3. The van der Waals surface area contributed by atoms with Crippen LogP contribution in [0.15, 0.2) is 126 Å². The number of rotatable bonds is 15.